The van der Waals surface area contributed by atoms with Gasteiger partial charge in [-0.3, -0.25) is 4.98 Å². The molecule has 0 aliphatic rings. The molecule has 0 radical (unpaired) electrons. The average Bonchev–Trinajstić information content (AvgIpc) is 2.98. The first kappa shape index (κ1) is 21.0. The molecule has 8 rings (SSSR count). The summed E-state index contributed by atoms with van der Waals surface area (Å²) in [5, 5.41) is 8.17. The molecule has 3 heteroatoms. The highest BCUT2D eigenvalue weighted by atomic mass is 14.7. The van der Waals surface area contributed by atoms with Gasteiger partial charge in [-0.1, -0.05) is 66.7 Å². The van der Waals surface area contributed by atoms with E-state index in [0.717, 1.165) is 55.2 Å². The van der Waals surface area contributed by atoms with E-state index in [0.29, 0.717) is 0 Å². The van der Waals surface area contributed by atoms with E-state index in [2.05, 4.69) is 115 Å². The quantitative estimate of drug-likeness (QED) is 0.230. The molecule has 0 aliphatic carbocycles. The molecule has 0 amide bonds. The minimum atomic E-state index is 0.908. The summed E-state index contributed by atoms with van der Waals surface area (Å²) in [4.78, 5) is 14.9. The Morgan fingerprint density at radius 2 is 0.947 bits per heavy atom. The highest BCUT2D eigenvalue weighted by Gasteiger charge is 2.13. The number of hydrogen-bond donors (Lipinski definition) is 0. The Bertz CT molecular complexity index is 2200. The van der Waals surface area contributed by atoms with Gasteiger partial charge in [0, 0.05) is 33.5 Å². The fourth-order valence-corrected chi connectivity index (χ4v) is 5.47. The Labute approximate surface area is 219 Å². The molecule has 176 valence electrons. The van der Waals surface area contributed by atoms with Crippen molar-refractivity contribution in [3.63, 3.8) is 0 Å². The van der Waals surface area contributed by atoms with E-state index in [1.54, 1.807) is 0 Å². The summed E-state index contributed by atoms with van der Waals surface area (Å²) in [5.41, 5.74) is 6.81. The molecule has 0 bridgehead atoms. The van der Waals surface area contributed by atoms with Gasteiger partial charge < -0.3 is 0 Å². The van der Waals surface area contributed by atoms with Crippen LogP contribution in [0.3, 0.4) is 0 Å². The molecule has 5 aromatic carbocycles. The number of nitrogens with zero attached hydrogens (tertiary/aromatic N) is 3. The van der Waals surface area contributed by atoms with Crippen molar-refractivity contribution in [1.29, 1.82) is 0 Å². The average molecular weight is 484 g/mol. The lowest BCUT2D eigenvalue weighted by Crippen LogP contribution is -1.92. The fraction of sp³-hybridized carbons (Fsp3) is 0. The highest BCUT2D eigenvalue weighted by molar-refractivity contribution is 6.01. The van der Waals surface area contributed by atoms with Crippen molar-refractivity contribution < 1.29 is 0 Å². The summed E-state index contributed by atoms with van der Waals surface area (Å²) in [6.45, 7) is 0. The molecule has 3 heterocycles. The molecule has 0 saturated carbocycles. The van der Waals surface area contributed by atoms with Gasteiger partial charge in [0.25, 0.3) is 0 Å². The monoisotopic (exact) mass is 483 g/mol. The van der Waals surface area contributed by atoms with Gasteiger partial charge in [0.2, 0.25) is 0 Å². The first-order valence-electron chi connectivity index (χ1n) is 12.8. The summed E-state index contributed by atoms with van der Waals surface area (Å²) >= 11 is 0. The molecular formula is C35H21N3. The molecule has 38 heavy (non-hydrogen) atoms. The van der Waals surface area contributed by atoms with Gasteiger partial charge in [0.05, 0.1) is 27.9 Å². The van der Waals surface area contributed by atoms with Crippen molar-refractivity contribution in [1.82, 2.24) is 15.0 Å². The fourth-order valence-electron chi connectivity index (χ4n) is 5.47. The van der Waals surface area contributed by atoms with Gasteiger partial charge in [-0.25, -0.2) is 9.97 Å². The van der Waals surface area contributed by atoms with E-state index in [-0.39, 0.29) is 0 Å². The Morgan fingerprint density at radius 3 is 1.61 bits per heavy atom. The molecule has 8 aromatic rings. The summed E-state index contributed by atoms with van der Waals surface area (Å²) in [5.74, 6) is 0. The van der Waals surface area contributed by atoms with Crippen LogP contribution in [0.15, 0.2) is 128 Å². The van der Waals surface area contributed by atoms with Crippen LogP contribution >= 0.6 is 0 Å². The minimum Gasteiger partial charge on any atom is -0.256 e. The maximum atomic E-state index is 5.10. The van der Waals surface area contributed by atoms with Crippen molar-refractivity contribution in [3.8, 4) is 22.5 Å². The van der Waals surface area contributed by atoms with Gasteiger partial charge in [-0.15, -0.1) is 0 Å². The second-order valence-corrected chi connectivity index (χ2v) is 9.78. The van der Waals surface area contributed by atoms with E-state index in [4.69, 9.17) is 15.0 Å². The van der Waals surface area contributed by atoms with Crippen LogP contribution in [0.4, 0.5) is 0 Å². The van der Waals surface area contributed by atoms with Crippen molar-refractivity contribution in [3.05, 3.63) is 128 Å². The van der Waals surface area contributed by atoms with Crippen LogP contribution in [0.2, 0.25) is 0 Å². The zero-order valence-corrected chi connectivity index (χ0v) is 20.5. The van der Waals surface area contributed by atoms with Gasteiger partial charge in [-0.2, -0.15) is 0 Å². The number of aromatic nitrogens is 3. The Kier molecular flexibility index (Phi) is 4.52. The van der Waals surface area contributed by atoms with Gasteiger partial charge in [0.1, 0.15) is 0 Å². The second kappa shape index (κ2) is 8.19. The van der Waals surface area contributed by atoms with Crippen LogP contribution < -0.4 is 0 Å². The van der Waals surface area contributed by atoms with Crippen molar-refractivity contribution >= 4 is 54.3 Å². The number of pyridine rings is 3. The lowest BCUT2D eigenvalue weighted by atomic mass is 9.98. The summed E-state index contributed by atoms with van der Waals surface area (Å²) < 4.78 is 0. The van der Waals surface area contributed by atoms with Crippen LogP contribution in [-0.4, -0.2) is 15.0 Å². The third-order valence-electron chi connectivity index (χ3n) is 7.39. The van der Waals surface area contributed by atoms with E-state index >= 15 is 0 Å². The van der Waals surface area contributed by atoms with Gasteiger partial charge in [0.15, 0.2) is 0 Å². The topological polar surface area (TPSA) is 38.7 Å². The smallest absolute Gasteiger partial charge is 0.0796 e. The number of benzene rings is 5. The molecule has 0 saturated heterocycles. The normalized spacial score (nSPS) is 11.7. The highest BCUT2D eigenvalue weighted by Crippen LogP contribution is 2.34. The zero-order chi connectivity index (χ0) is 25.1. The third-order valence-corrected chi connectivity index (χ3v) is 7.39. The summed E-state index contributed by atoms with van der Waals surface area (Å²) in [7, 11) is 0. The summed E-state index contributed by atoms with van der Waals surface area (Å²) in [6, 6.07) is 42.6. The van der Waals surface area contributed by atoms with Crippen LogP contribution in [0.5, 0.6) is 0 Å². The van der Waals surface area contributed by atoms with Crippen molar-refractivity contribution in [2.24, 2.45) is 0 Å². The Morgan fingerprint density at radius 1 is 0.395 bits per heavy atom. The molecule has 0 spiro atoms. The van der Waals surface area contributed by atoms with Crippen LogP contribution in [0.1, 0.15) is 0 Å². The maximum absolute atomic E-state index is 5.10. The van der Waals surface area contributed by atoms with E-state index in [1.165, 1.54) is 21.5 Å². The number of fused-ring (bicyclic) bond motifs is 5. The first-order valence-corrected chi connectivity index (χ1v) is 12.8. The lowest BCUT2D eigenvalue weighted by Gasteiger charge is -2.11. The second-order valence-electron chi connectivity index (χ2n) is 9.78. The molecule has 0 atom stereocenters. The minimum absolute atomic E-state index is 0.908. The lowest BCUT2D eigenvalue weighted by molar-refractivity contribution is 1.36. The van der Waals surface area contributed by atoms with Gasteiger partial charge in [-0.05, 0) is 76.1 Å². The molecule has 0 unspecified atom stereocenters. The largest absolute Gasteiger partial charge is 0.256 e. The SMILES string of the molecule is c1ccc2cc3nc(-c4cc(-c5ccc6cc7ccccc7cc6n5)c5ncccc5c4)ccc3cc2c1. The molecule has 3 nitrogen and oxygen atoms in total. The predicted molar refractivity (Wildman–Crippen MR) is 158 cm³/mol. The van der Waals surface area contributed by atoms with Crippen molar-refractivity contribution in [2.45, 2.75) is 0 Å². The molecule has 3 aromatic heterocycles. The van der Waals surface area contributed by atoms with E-state index < -0.39 is 0 Å². The third kappa shape index (κ3) is 3.40. The van der Waals surface area contributed by atoms with E-state index in [9.17, 15) is 0 Å². The van der Waals surface area contributed by atoms with E-state index in [1.807, 2.05) is 12.3 Å². The molecular weight excluding hydrogens is 462 g/mol. The van der Waals surface area contributed by atoms with Crippen LogP contribution in [0, 0.1) is 0 Å². The van der Waals surface area contributed by atoms with Crippen molar-refractivity contribution in [2.75, 3.05) is 0 Å². The maximum Gasteiger partial charge on any atom is 0.0796 e. The summed E-state index contributed by atoms with van der Waals surface area (Å²) in [6.07, 6.45) is 1.85. The van der Waals surface area contributed by atoms with Crippen LogP contribution in [-0.2, 0) is 0 Å². The van der Waals surface area contributed by atoms with Gasteiger partial charge >= 0.3 is 0 Å². The number of hydrogen-bond acceptors (Lipinski definition) is 3. The molecule has 0 N–H and O–H groups in total. The Hall–Kier alpha value is -5.15. The van der Waals surface area contributed by atoms with Crippen LogP contribution in [0.25, 0.3) is 76.8 Å². The number of rotatable bonds is 2. The Balaban J connectivity index is 1.33. The molecule has 0 fully saturated rings. The molecule has 0 aliphatic heterocycles. The first-order chi connectivity index (χ1) is 18.8. The standard InChI is InChI=1S/C35H21N3/c1-3-8-24-20-33-26(16-22(24)6-1)11-13-31(37-33)29-18-28-10-5-15-36-35(28)30(19-29)32-14-12-27-17-23-7-2-4-9-25(23)21-34(27)38-32/h1-21H. The zero-order valence-electron chi connectivity index (χ0n) is 20.5. The predicted octanol–water partition coefficient (Wildman–Crippen LogP) is 8.97.